The number of rotatable bonds is 4. The van der Waals surface area contributed by atoms with Crippen molar-refractivity contribution in [3.05, 3.63) is 146 Å². The van der Waals surface area contributed by atoms with Crippen LogP contribution in [-0.2, 0) is 24.3 Å². The zero-order valence-corrected chi connectivity index (χ0v) is 30.3. The van der Waals surface area contributed by atoms with Crippen LogP contribution in [0.3, 0.4) is 0 Å². The monoisotopic (exact) mass is 699 g/mol. The maximum atomic E-state index is 11.8. The smallest absolute Gasteiger partial charge is 0.224 e. The molecule has 9 heteroatoms. The Labute approximate surface area is 308 Å². The summed E-state index contributed by atoms with van der Waals surface area (Å²) in [6, 6.07) is 18.8. The summed E-state index contributed by atoms with van der Waals surface area (Å²) in [4.78, 5) is 24.7. The van der Waals surface area contributed by atoms with E-state index in [1.807, 2.05) is 25.3 Å². The Balaban J connectivity index is 0.964. The molecule has 1 N–H and O–H groups in total. The summed E-state index contributed by atoms with van der Waals surface area (Å²) in [5.41, 5.74) is 12.3. The number of piperidine rings is 1. The van der Waals surface area contributed by atoms with E-state index in [0.29, 0.717) is 25.9 Å². The van der Waals surface area contributed by atoms with Gasteiger partial charge in [0.1, 0.15) is 23.1 Å². The van der Waals surface area contributed by atoms with Crippen molar-refractivity contribution in [1.29, 1.82) is 0 Å². The summed E-state index contributed by atoms with van der Waals surface area (Å²) in [7, 11) is 0. The van der Waals surface area contributed by atoms with Crippen molar-refractivity contribution in [3.63, 3.8) is 0 Å². The fourth-order valence-corrected chi connectivity index (χ4v) is 8.34. The highest BCUT2D eigenvalue weighted by atomic mass is 32.1. The SMILES string of the molecule is C=C1NC(=O)CCC1N1Cc2c(C#CCCc3ccc(C#Cc4sc5c(c4C)C(c4ccc(C)cc4)=NCc4nnc(C)n4-5)nc3)cccc2C1=C. The van der Waals surface area contributed by atoms with Crippen LogP contribution >= 0.6 is 11.3 Å². The Morgan fingerprint density at radius 1 is 1.00 bits per heavy atom. The van der Waals surface area contributed by atoms with Gasteiger partial charge in [-0.15, -0.1) is 21.5 Å². The van der Waals surface area contributed by atoms with Crippen molar-refractivity contribution in [2.45, 2.75) is 65.6 Å². The Morgan fingerprint density at radius 2 is 1.85 bits per heavy atom. The highest BCUT2D eigenvalue weighted by Crippen LogP contribution is 2.38. The summed E-state index contributed by atoms with van der Waals surface area (Å²) in [6.45, 7) is 15.8. The number of aliphatic imine (C=N–C) groups is 1. The van der Waals surface area contributed by atoms with Crippen molar-refractivity contribution in [2.75, 3.05) is 0 Å². The Kier molecular flexibility index (Phi) is 8.66. The highest BCUT2D eigenvalue weighted by molar-refractivity contribution is 7.15. The molecule has 6 heterocycles. The Bertz CT molecular complexity index is 2440. The molecule has 1 atom stereocenters. The Morgan fingerprint density at radius 3 is 2.63 bits per heavy atom. The zero-order valence-electron chi connectivity index (χ0n) is 29.5. The maximum absolute atomic E-state index is 11.8. The van der Waals surface area contributed by atoms with Crippen molar-refractivity contribution in [1.82, 2.24) is 30.0 Å². The van der Waals surface area contributed by atoms with Crippen LogP contribution in [0.5, 0.6) is 0 Å². The molecule has 8 nitrogen and oxygen atoms in total. The molecule has 0 radical (unpaired) electrons. The first-order valence-electron chi connectivity index (χ1n) is 17.4. The lowest BCUT2D eigenvalue weighted by Crippen LogP contribution is -2.43. The van der Waals surface area contributed by atoms with Gasteiger partial charge in [-0.1, -0.05) is 73.0 Å². The predicted octanol–water partition coefficient (Wildman–Crippen LogP) is 6.96. The van der Waals surface area contributed by atoms with Crippen LogP contribution in [0.2, 0.25) is 0 Å². The molecule has 1 amide bonds. The lowest BCUT2D eigenvalue weighted by Gasteiger charge is -2.34. The average Bonchev–Trinajstić information content (AvgIpc) is 3.75. The number of carbonyl (C=O) groups excluding carboxylic acids is 1. The molecule has 52 heavy (non-hydrogen) atoms. The van der Waals surface area contributed by atoms with Crippen molar-refractivity contribution in [3.8, 4) is 28.7 Å². The van der Waals surface area contributed by atoms with E-state index in [1.165, 1.54) is 11.1 Å². The number of nitrogens with one attached hydrogen (secondary N) is 1. The molecule has 1 fully saturated rings. The molecule has 3 aliphatic heterocycles. The number of hydrogen-bond acceptors (Lipinski definition) is 7. The first kappa shape index (κ1) is 33.1. The van der Waals surface area contributed by atoms with Gasteiger partial charge < -0.3 is 10.2 Å². The van der Waals surface area contributed by atoms with Gasteiger partial charge in [-0.2, -0.15) is 0 Å². The number of fused-ring (bicyclic) bond motifs is 4. The maximum Gasteiger partial charge on any atom is 0.224 e. The second-order valence-corrected chi connectivity index (χ2v) is 14.4. The second-order valence-electron chi connectivity index (χ2n) is 13.4. The van der Waals surface area contributed by atoms with Crippen molar-refractivity contribution >= 4 is 28.7 Å². The molecule has 1 unspecified atom stereocenters. The summed E-state index contributed by atoms with van der Waals surface area (Å²) >= 11 is 1.65. The van der Waals surface area contributed by atoms with Gasteiger partial charge in [0.25, 0.3) is 0 Å². The third-order valence-electron chi connectivity index (χ3n) is 9.94. The van der Waals surface area contributed by atoms with E-state index in [0.717, 1.165) is 90.5 Å². The molecular formula is C43H37N7OS. The average molecular weight is 700 g/mol. The van der Waals surface area contributed by atoms with Crippen LogP contribution in [-0.4, -0.2) is 42.3 Å². The van der Waals surface area contributed by atoms with Crippen LogP contribution in [0.25, 0.3) is 10.7 Å². The summed E-state index contributed by atoms with van der Waals surface area (Å²) < 4.78 is 2.12. The summed E-state index contributed by atoms with van der Waals surface area (Å²) in [6.07, 6.45) is 4.63. The first-order chi connectivity index (χ1) is 25.2. The summed E-state index contributed by atoms with van der Waals surface area (Å²) in [5.74, 6) is 15.2. The number of benzene rings is 2. The van der Waals surface area contributed by atoms with Crippen LogP contribution in [0.4, 0.5) is 0 Å². The van der Waals surface area contributed by atoms with E-state index in [4.69, 9.17) is 4.99 Å². The van der Waals surface area contributed by atoms with Crippen LogP contribution in [0, 0.1) is 44.5 Å². The van der Waals surface area contributed by atoms with E-state index >= 15 is 0 Å². The lowest BCUT2D eigenvalue weighted by molar-refractivity contribution is -0.121. The van der Waals surface area contributed by atoms with Gasteiger partial charge in [-0.25, -0.2) is 4.98 Å². The number of hydrogen-bond donors (Lipinski definition) is 1. The second kappa shape index (κ2) is 13.6. The number of amides is 1. The van der Waals surface area contributed by atoms with Gasteiger partial charge in [-0.05, 0) is 74.3 Å². The summed E-state index contributed by atoms with van der Waals surface area (Å²) in [5, 5.41) is 12.7. The highest BCUT2D eigenvalue weighted by Gasteiger charge is 2.34. The van der Waals surface area contributed by atoms with E-state index in [-0.39, 0.29) is 11.9 Å². The molecule has 5 aromatic rings. The molecule has 0 aliphatic carbocycles. The van der Waals surface area contributed by atoms with Crippen LogP contribution in [0.15, 0.2) is 84.6 Å². The molecule has 2 aromatic carbocycles. The molecular weight excluding hydrogens is 663 g/mol. The number of nitrogens with zero attached hydrogens (tertiary/aromatic N) is 6. The van der Waals surface area contributed by atoms with Crippen LogP contribution < -0.4 is 5.32 Å². The number of pyridine rings is 1. The van der Waals surface area contributed by atoms with Gasteiger partial charge in [0, 0.05) is 59.2 Å². The van der Waals surface area contributed by atoms with Gasteiger partial charge in [0.05, 0.1) is 16.6 Å². The third kappa shape index (κ3) is 6.14. The molecule has 3 aliphatic rings. The molecule has 0 spiro atoms. The fraction of sp³-hybridized carbons (Fsp3) is 0.233. The van der Waals surface area contributed by atoms with Crippen molar-refractivity contribution < 1.29 is 4.79 Å². The minimum Gasteiger partial charge on any atom is -0.359 e. The third-order valence-corrected chi connectivity index (χ3v) is 11.1. The van der Waals surface area contributed by atoms with E-state index in [9.17, 15) is 4.79 Å². The zero-order chi connectivity index (χ0) is 35.9. The minimum atomic E-state index is 0.0290. The normalized spacial score (nSPS) is 16.1. The molecule has 3 aromatic heterocycles. The topological polar surface area (TPSA) is 88.3 Å². The number of aromatic nitrogens is 4. The minimum absolute atomic E-state index is 0.0290. The number of carbonyl (C=O) groups is 1. The standard InChI is InChI=1S/C43H37N7OS/c1-26-13-16-33(17-14-26)42-41-27(2)38(52-43(41)50-30(5)47-48-39(50)24-45-42)21-19-34-18-15-31(23-44-34)9-6-7-10-32-11-8-12-35-29(4)49(25-36(32)35)37-20-22-40(51)46-28(37)3/h8,11-18,23,37H,3-4,6,9,20,22,24-25H2,1-2,5H3,(H,46,51). The van der Waals surface area contributed by atoms with Gasteiger partial charge in [0.2, 0.25) is 5.91 Å². The van der Waals surface area contributed by atoms with E-state index in [2.05, 4.69) is 123 Å². The largest absolute Gasteiger partial charge is 0.359 e. The van der Waals surface area contributed by atoms with Gasteiger partial charge >= 0.3 is 0 Å². The predicted molar refractivity (Wildman–Crippen MR) is 206 cm³/mol. The molecule has 256 valence electrons. The van der Waals surface area contributed by atoms with Gasteiger partial charge in [-0.3, -0.25) is 14.4 Å². The molecule has 0 bridgehead atoms. The fourth-order valence-electron chi connectivity index (χ4n) is 7.11. The van der Waals surface area contributed by atoms with E-state index < -0.39 is 0 Å². The van der Waals surface area contributed by atoms with Crippen molar-refractivity contribution in [2.24, 2.45) is 4.99 Å². The molecule has 0 saturated carbocycles. The van der Waals surface area contributed by atoms with E-state index in [1.54, 1.807) is 11.3 Å². The number of aryl methyl sites for hydroxylation is 3. The lowest BCUT2D eigenvalue weighted by atomic mass is 9.99. The Hall–Kier alpha value is -6.03. The van der Waals surface area contributed by atoms with Crippen LogP contribution in [0.1, 0.15) is 86.0 Å². The first-order valence-corrected chi connectivity index (χ1v) is 18.3. The van der Waals surface area contributed by atoms with Gasteiger partial charge in [0.15, 0.2) is 5.82 Å². The molecule has 8 rings (SSSR count). The number of thiophene rings is 1. The quantitative estimate of drug-likeness (QED) is 0.205. The molecule has 1 saturated heterocycles.